The number of rotatable bonds is 11. The van der Waals surface area contributed by atoms with Gasteiger partial charge in [-0.05, 0) is 19.1 Å². The van der Waals surface area contributed by atoms with Crippen molar-refractivity contribution in [3.63, 3.8) is 0 Å². The van der Waals surface area contributed by atoms with Crippen LogP contribution in [0.5, 0.6) is 0 Å². The predicted octanol–water partition coefficient (Wildman–Crippen LogP) is -0.102. The molecule has 3 N–H and O–H groups in total. The highest BCUT2D eigenvalue weighted by Crippen LogP contribution is 2.01. The fourth-order valence-corrected chi connectivity index (χ4v) is 1.58. The van der Waals surface area contributed by atoms with E-state index in [-0.39, 0.29) is 25.1 Å². The zero-order chi connectivity index (χ0) is 15.5. The zero-order valence-electron chi connectivity index (χ0n) is 12.5. The molecule has 0 aliphatic carbocycles. The van der Waals surface area contributed by atoms with Gasteiger partial charge in [0.25, 0.3) is 0 Å². The number of hydrogen-bond donors (Lipinski definition) is 3. The number of furan rings is 1. The van der Waals surface area contributed by atoms with Crippen molar-refractivity contribution in [1.82, 2.24) is 10.6 Å². The van der Waals surface area contributed by atoms with E-state index in [0.29, 0.717) is 25.5 Å². The lowest BCUT2D eigenvalue weighted by Crippen LogP contribution is -2.46. The summed E-state index contributed by atoms with van der Waals surface area (Å²) < 4.78 is 15.3. The zero-order valence-corrected chi connectivity index (χ0v) is 12.5. The molecule has 0 spiro atoms. The molecule has 21 heavy (non-hydrogen) atoms. The summed E-state index contributed by atoms with van der Waals surface area (Å²) in [6, 6.07) is 3.19. The van der Waals surface area contributed by atoms with E-state index in [1.165, 1.54) is 0 Å². The predicted molar refractivity (Wildman–Crippen MR) is 76.7 cm³/mol. The van der Waals surface area contributed by atoms with Crippen LogP contribution in [-0.4, -0.2) is 56.6 Å². The van der Waals surface area contributed by atoms with Crippen LogP contribution in [0, 0.1) is 0 Å². The Kier molecular flexibility index (Phi) is 8.68. The summed E-state index contributed by atoms with van der Waals surface area (Å²) in [4.78, 5) is 11.6. The van der Waals surface area contributed by atoms with E-state index in [9.17, 15) is 9.90 Å². The summed E-state index contributed by atoms with van der Waals surface area (Å²) in [5.74, 6) is 0.580. The molecule has 0 aromatic carbocycles. The average molecular weight is 300 g/mol. The second-order valence-electron chi connectivity index (χ2n) is 4.66. The molecule has 2 atom stereocenters. The van der Waals surface area contributed by atoms with Crippen LogP contribution in [0.4, 0.5) is 0 Å². The van der Waals surface area contributed by atoms with Crippen LogP contribution < -0.4 is 10.6 Å². The highest BCUT2D eigenvalue weighted by atomic mass is 16.5. The molecule has 0 fully saturated rings. The van der Waals surface area contributed by atoms with Crippen molar-refractivity contribution in [2.75, 3.05) is 33.4 Å². The Morgan fingerprint density at radius 1 is 1.52 bits per heavy atom. The second kappa shape index (κ2) is 10.3. The fourth-order valence-electron chi connectivity index (χ4n) is 1.58. The van der Waals surface area contributed by atoms with E-state index in [1.54, 1.807) is 32.4 Å². The molecule has 0 radical (unpaired) electrons. The number of carbonyl (C=O) groups excluding carboxylic acids is 1. The van der Waals surface area contributed by atoms with Crippen LogP contribution in [0.3, 0.4) is 0 Å². The first-order valence-electron chi connectivity index (χ1n) is 6.91. The molecular formula is C14H24N2O5. The Labute approximate surface area is 124 Å². The van der Waals surface area contributed by atoms with Gasteiger partial charge in [-0.25, -0.2) is 0 Å². The molecule has 0 saturated carbocycles. The van der Waals surface area contributed by atoms with Crippen LogP contribution in [0.25, 0.3) is 0 Å². The number of methoxy groups -OCH3 is 1. The van der Waals surface area contributed by atoms with Gasteiger partial charge in [-0.15, -0.1) is 0 Å². The minimum Gasteiger partial charge on any atom is -0.467 e. The summed E-state index contributed by atoms with van der Waals surface area (Å²) in [6.45, 7) is 3.44. The van der Waals surface area contributed by atoms with Gasteiger partial charge in [0.2, 0.25) is 5.91 Å². The third-order valence-electron chi connectivity index (χ3n) is 2.79. The molecule has 0 saturated heterocycles. The van der Waals surface area contributed by atoms with Crippen molar-refractivity contribution in [1.29, 1.82) is 0 Å². The standard InChI is InChI=1S/C14H24N2O5/c1-11(14(18)15-5-7-19-2)16-8-12(17)9-20-10-13-4-3-6-21-13/h3-4,6,11-12,16-17H,5,7-10H2,1-2H3,(H,15,18). The monoisotopic (exact) mass is 300 g/mol. The second-order valence-corrected chi connectivity index (χ2v) is 4.66. The summed E-state index contributed by atoms with van der Waals surface area (Å²) in [7, 11) is 1.58. The SMILES string of the molecule is COCCNC(=O)C(C)NCC(O)COCc1ccco1. The molecule has 7 heteroatoms. The third kappa shape index (κ3) is 7.81. The number of aliphatic hydroxyl groups is 1. The molecule has 1 rings (SSSR count). The normalized spacial score (nSPS) is 13.9. The molecule has 1 heterocycles. The Balaban J connectivity index is 2.08. The number of hydrogen-bond acceptors (Lipinski definition) is 6. The van der Waals surface area contributed by atoms with E-state index in [4.69, 9.17) is 13.9 Å². The summed E-state index contributed by atoms with van der Waals surface area (Å²) >= 11 is 0. The van der Waals surface area contributed by atoms with Crippen molar-refractivity contribution < 1.29 is 23.8 Å². The average Bonchev–Trinajstić information content (AvgIpc) is 2.98. The van der Waals surface area contributed by atoms with Gasteiger partial charge in [-0.1, -0.05) is 0 Å². The number of ether oxygens (including phenoxy) is 2. The number of aliphatic hydroxyl groups excluding tert-OH is 1. The summed E-state index contributed by atoms with van der Waals surface area (Å²) in [5, 5.41) is 15.4. The molecule has 1 aromatic rings. The smallest absolute Gasteiger partial charge is 0.236 e. The lowest BCUT2D eigenvalue weighted by atomic mass is 10.3. The van der Waals surface area contributed by atoms with E-state index in [0.717, 1.165) is 0 Å². The third-order valence-corrected chi connectivity index (χ3v) is 2.79. The molecule has 0 aliphatic heterocycles. The van der Waals surface area contributed by atoms with E-state index < -0.39 is 6.10 Å². The van der Waals surface area contributed by atoms with Crippen molar-refractivity contribution in [2.45, 2.75) is 25.7 Å². The first-order valence-corrected chi connectivity index (χ1v) is 6.91. The van der Waals surface area contributed by atoms with E-state index >= 15 is 0 Å². The maximum atomic E-state index is 11.6. The molecule has 1 aromatic heterocycles. The van der Waals surface area contributed by atoms with Gasteiger partial charge in [0.1, 0.15) is 12.4 Å². The van der Waals surface area contributed by atoms with Gasteiger partial charge in [0, 0.05) is 20.2 Å². The first kappa shape index (κ1) is 17.6. The van der Waals surface area contributed by atoms with E-state index in [2.05, 4.69) is 10.6 Å². The Bertz CT molecular complexity index is 383. The van der Waals surface area contributed by atoms with Crippen molar-refractivity contribution in [2.24, 2.45) is 0 Å². The summed E-state index contributed by atoms with van der Waals surface area (Å²) in [5.41, 5.74) is 0. The molecular weight excluding hydrogens is 276 g/mol. The number of carbonyl (C=O) groups is 1. The maximum absolute atomic E-state index is 11.6. The number of amides is 1. The van der Waals surface area contributed by atoms with Crippen molar-refractivity contribution >= 4 is 5.91 Å². The first-order chi connectivity index (χ1) is 10.1. The van der Waals surface area contributed by atoms with Gasteiger partial charge < -0.3 is 29.6 Å². The molecule has 0 aliphatic rings. The lowest BCUT2D eigenvalue weighted by molar-refractivity contribution is -0.123. The Hall–Kier alpha value is -1.41. The van der Waals surface area contributed by atoms with Gasteiger partial charge in [-0.2, -0.15) is 0 Å². The van der Waals surface area contributed by atoms with Crippen molar-refractivity contribution in [3.8, 4) is 0 Å². The Morgan fingerprint density at radius 3 is 3.00 bits per heavy atom. The Morgan fingerprint density at radius 2 is 2.33 bits per heavy atom. The van der Waals surface area contributed by atoms with Crippen LogP contribution in [0.2, 0.25) is 0 Å². The number of nitrogens with one attached hydrogen (secondary N) is 2. The van der Waals surface area contributed by atoms with Gasteiger partial charge >= 0.3 is 0 Å². The topological polar surface area (TPSA) is 93.0 Å². The van der Waals surface area contributed by atoms with Gasteiger partial charge in [-0.3, -0.25) is 4.79 Å². The fraction of sp³-hybridized carbons (Fsp3) is 0.643. The highest BCUT2D eigenvalue weighted by Gasteiger charge is 2.13. The van der Waals surface area contributed by atoms with E-state index in [1.807, 2.05) is 0 Å². The quantitative estimate of drug-likeness (QED) is 0.494. The van der Waals surface area contributed by atoms with Gasteiger partial charge in [0.15, 0.2) is 0 Å². The summed E-state index contributed by atoms with van der Waals surface area (Å²) in [6.07, 6.45) is 0.884. The molecule has 7 nitrogen and oxygen atoms in total. The molecule has 2 unspecified atom stereocenters. The largest absolute Gasteiger partial charge is 0.467 e. The van der Waals surface area contributed by atoms with Crippen LogP contribution in [0.15, 0.2) is 22.8 Å². The van der Waals surface area contributed by atoms with Crippen LogP contribution >= 0.6 is 0 Å². The van der Waals surface area contributed by atoms with Crippen LogP contribution in [-0.2, 0) is 20.9 Å². The molecule has 120 valence electrons. The lowest BCUT2D eigenvalue weighted by Gasteiger charge is -2.17. The van der Waals surface area contributed by atoms with Gasteiger partial charge in [0.05, 0.1) is 31.6 Å². The molecule has 1 amide bonds. The van der Waals surface area contributed by atoms with Crippen LogP contribution in [0.1, 0.15) is 12.7 Å². The maximum Gasteiger partial charge on any atom is 0.236 e. The minimum absolute atomic E-state index is 0.129. The minimum atomic E-state index is -0.686. The van der Waals surface area contributed by atoms with Crippen molar-refractivity contribution in [3.05, 3.63) is 24.2 Å². The highest BCUT2D eigenvalue weighted by molar-refractivity contribution is 5.81. The molecule has 0 bridgehead atoms.